The summed E-state index contributed by atoms with van der Waals surface area (Å²) in [5.41, 5.74) is 5.60. The fourth-order valence-electron chi connectivity index (χ4n) is 5.11. The van der Waals surface area contributed by atoms with E-state index < -0.39 is 0 Å². The molecule has 2 aliphatic heterocycles. The van der Waals surface area contributed by atoms with Gasteiger partial charge in [0.1, 0.15) is 5.82 Å². The first-order valence-corrected chi connectivity index (χ1v) is 11.1. The summed E-state index contributed by atoms with van der Waals surface area (Å²) in [6.07, 6.45) is 4.38. The van der Waals surface area contributed by atoms with Crippen LogP contribution in [0.15, 0.2) is 47.4 Å². The van der Waals surface area contributed by atoms with Crippen LogP contribution in [0.4, 0.5) is 11.5 Å². The standard InChI is InChI=1S/C25H30N4O/c1-17(2)10-19-8-9-27(14-19)22-11-18(3)13-29-24(30)12-23(26-25(22)29)28-15-20-6-4-5-7-21(20)16-28/h4-7,11-13,17,19H,8-10,14-16H2,1-3H3/t19-/m0/s1. The van der Waals surface area contributed by atoms with E-state index in [0.717, 1.165) is 48.9 Å². The molecule has 0 unspecified atom stereocenters. The molecular weight excluding hydrogens is 372 g/mol. The van der Waals surface area contributed by atoms with E-state index in [0.29, 0.717) is 11.8 Å². The molecule has 3 aromatic rings. The third-order valence-electron chi connectivity index (χ3n) is 6.46. The molecular formula is C25H30N4O. The van der Waals surface area contributed by atoms with Crippen LogP contribution in [0.25, 0.3) is 5.65 Å². The Bertz CT molecular complexity index is 1120. The average molecular weight is 403 g/mol. The topological polar surface area (TPSA) is 40.9 Å². The molecule has 5 heteroatoms. The van der Waals surface area contributed by atoms with E-state index in [1.165, 1.54) is 24.0 Å². The van der Waals surface area contributed by atoms with Gasteiger partial charge in [-0.15, -0.1) is 0 Å². The fourth-order valence-corrected chi connectivity index (χ4v) is 5.11. The number of anilines is 2. The van der Waals surface area contributed by atoms with Gasteiger partial charge in [0.25, 0.3) is 5.56 Å². The van der Waals surface area contributed by atoms with Gasteiger partial charge in [-0.25, -0.2) is 4.98 Å². The van der Waals surface area contributed by atoms with Crippen LogP contribution in [-0.4, -0.2) is 22.5 Å². The van der Waals surface area contributed by atoms with Crippen LogP contribution in [0, 0.1) is 18.8 Å². The minimum absolute atomic E-state index is 0.00571. The number of benzene rings is 1. The van der Waals surface area contributed by atoms with Crippen molar-refractivity contribution in [2.45, 2.75) is 46.7 Å². The molecule has 1 aromatic carbocycles. The highest BCUT2D eigenvalue weighted by Gasteiger charge is 2.26. The predicted octanol–water partition coefficient (Wildman–Crippen LogP) is 4.40. The summed E-state index contributed by atoms with van der Waals surface area (Å²) < 4.78 is 1.73. The predicted molar refractivity (Wildman–Crippen MR) is 122 cm³/mol. The van der Waals surface area contributed by atoms with Crippen LogP contribution in [0.5, 0.6) is 0 Å². The monoisotopic (exact) mass is 402 g/mol. The van der Waals surface area contributed by atoms with Crippen LogP contribution in [0.1, 0.15) is 43.4 Å². The van der Waals surface area contributed by atoms with E-state index in [9.17, 15) is 4.79 Å². The van der Waals surface area contributed by atoms with Crippen LogP contribution in [0.2, 0.25) is 0 Å². The molecule has 0 saturated carbocycles. The van der Waals surface area contributed by atoms with Crippen LogP contribution in [0.3, 0.4) is 0 Å². The molecule has 5 rings (SSSR count). The van der Waals surface area contributed by atoms with E-state index >= 15 is 0 Å². The molecule has 0 amide bonds. The third kappa shape index (κ3) is 3.47. The Morgan fingerprint density at radius 1 is 1.10 bits per heavy atom. The first-order chi connectivity index (χ1) is 14.5. The van der Waals surface area contributed by atoms with Crippen LogP contribution in [-0.2, 0) is 13.1 Å². The molecule has 2 aromatic heterocycles. The zero-order chi connectivity index (χ0) is 20.8. The number of aromatic nitrogens is 2. The molecule has 1 fully saturated rings. The normalized spacial score (nSPS) is 18.6. The second kappa shape index (κ2) is 7.46. The highest BCUT2D eigenvalue weighted by molar-refractivity contribution is 5.72. The Labute approximate surface area is 178 Å². The van der Waals surface area contributed by atoms with Gasteiger partial charge in [0.15, 0.2) is 5.65 Å². The maximum atomic E-state index is 13.0. The van der Waals surface area contributed by atoms with Gasteiger partial charge in [-0.05, 0) is 54.4 Å². The van der Waals surface area contributed by atoms with Crippen molar-refractivity contribution in [2.75, 3.05) is 22.9 Å². The number of nitrogens with zero attached hydrogens (tertiary/aromatic N) is 4. The Morgan fingerprint density at radius 3 is 2.53 bits per heavy atom. The van der Waals surface area contributed by atoms with Crippen molar-refractivity contribution in [3.05, 3.63) is 69.6 Å². The fraction of sp³-hybridized carbons (Fsp3) is 0.440. The Balaban J connectivity index is 1.53. The van der Waals surface area contributed by atoms with Crippen molar-refractivity contribution < 1.29 is 0 Å². The summed E-state index contributed by atoms with van der Waals surface area (Å²) in [7, 11) is 0. The van der Waals surface area contributed by atoms with E-state index in [1.54, 1.807) is 10.5 Å². The molecule has 0 radical (unpaired) electrons. The quantitative estimate of drug-likeness (QED) is 0.649. The van der Waals surface area contributed by atoms with Gasteiger partial charge in [-0.1, -0.05) is 38.1 Å². The summed E-state index contributed by atoms with van der Waals surface area (Å²) in [5.74, 6) is 2.21. The van der Waals surface area contributed by atoms with Gasteiger partial charge in [0.2, 0.25) is 0 Å². The van der Waals surface area contributed by atoms with Gasteiger partial charge >= 0.3 is 0 Å². The Kier molecular flexibility index (Phi) is 4.76. The van der Waals surface area contributed by atoms with Crippen molar-refractivity contribution in [1.29, 1.82) is 0 Å². The Hall–Kier alpha value is -2.82. The first-order valence-electron chi connectivity index (χ1n) is 11.1. The second-order valence-electron chi connectivity index (χ2n) is 9.40. The number of fused-ring (bicyclic) bond motifs is 2. The molecule has 1 atom stereocenters. The van der Waals surface area contributed by atoms with Crippen molar-refractivity contribution in [2.24, 2.45) is 11.8 Å². The van der Waals surface area contributed by atoms with Crippen LogP contribution >= 0.6 is 0 Å². The van der Waals surface area contributed by atoms with Gasteiger partial charge in [0.05, 0.1) is 5.69 Å². The maximum Gasteiger partial charge on any atom is 0.260 e. The number of rotatable bonds is 4. The molecule has 0 spiro atoms. The van der Waals surface area contributed by atoms with E-state index in [2.05, 4.69) is 60.9 Å². The molecule has 1 saturated heterocycles. The minimum atomic E-state index is -0.00571. The highest BCUT2D eigenvalue weighted by Crippen LogP contribution is 2.32. The van der Waals surface area contributed by atoms with Gasteiger partial charge < -0.3 is 9.80 Å². The lowest BCUT2D eigenvalue weighted by molar-refractivity contribution is 0.441. The lowest BCUT2D eigenvalue weighted by Crippen LogP contribution is -2.26. The number of aryl methyl sites for hydroxylation is 1. The summed E-state index contributed by atoms with van der Waals surface area (Å²) in [6, 6.07) is 12.4. The van der Waals surface area contributed by atoms with Crippen molar-refractivity contribution in [1.82, 2.24) is 9.38 Å². The zero-order valence-electron chi connectivity index (χ0n) is 18.1. The Morgan fingerprint density at radius 2 is 1.83 bits per heavy atom. The van der Waals surface area contributed by atoms with Gasteiger partial charge in [0, 0.05) is 38.4 Å². The molecule has 156 valence electrons. The molecule has 4 heterocycles. The van der Waals surface area contributed by atoms with Crippen molar-refractivity contribution in [3.8, 4) is 0 Å². The number of hydrogen-bond acceptors (Lipinski definition) is 4. The third-order valence-corrected chi connectivity index (χ3v) is 6.46. The number of pyridine rings is 1. The molecule has 0 aliphatic carbocycles. The maximum absolute atomic E-state index is 13.0. The second-order valence-corrected chi connectivity index (χ2v) is 9.40. The highest BCUT2D eigenvalue weighted by atomic mass is 16.1. The van der Waals surface area contributed by atoms with E-state index in [-0.39, 0.29) is 5.56 Å². The summed E-state index contributed by atoms with van der Waals surface area (Å²) in [6.45, 7) is 10.3. The molecule has 5 nitrogen and oxygen atoms in total. The van der Waals surface area contributed by atoms with Crippen molar-refractivity contribution in [3.63, 3.8) is 0 Å². The summed E-state index contributed by atoms with van der Waals surface area (Å²) in [5, 5.41) is 0. The van der Waals surface area contributed by atoms with Crippen molar-refractivity contribution >= 4 is 17.2 Å². The molecule has 30 heavy (non-hydrogen) atoms. The van der Waals surface area contributed by atoms with E-state index in [4.69, 9.17) is 4.98 Å². The summed E-state index contributed by atoms with van der Waals surface area (Å²) >= 11 is 0. The first kappa shape index (κ1) is 19.2. The molecule has 0 bridgehead atoms. The number of hydrogen-bond donors (Lipinski definition) is 0. The minimum Gasteiger partial charge on any atom is -0.368 e. The van der Waals surface area contributed by atoms with Gasteiger partial charge in [-0.2, -0.15) is 0 Å². The average Bonchev–Trinajstić information content (AvgIpc) is 3.34. The lowest BCUT2D eigenvalue weighted by atomic mass is 9.97. The smallest absolute Gasteiger partial charge is 0.260 e. The van der Waals surface area contributed by atoms with Gasteiger partial charge in [-0.3, -0.25) is 9.20 Å². The van der Waals surface area contributed by atoms with E-state index in [1.807, 2.05) is 6.20 Å². The van der Waals surface area contributed by atoms with Crippen LogP contribution < -0.4 is 15.4 Å². The summed E-state index contributed by atoms with van der Waals surface area (Å²) in [4.78, 5) is 22.7. The lowest BCUT2D eigenvalue weighted by Gasteiger charge is -2.23. The zero-order valence-corrected chi connectivity index (χ0v) is 18.1. The largest absolute Gasteiger partial charge is 0.368 e. The molecule has 0 N–H and O–H groups in total. The molecule has 2 aliphatic rings. The SMILES string of the molecule is Cc1cc(N2CC[C@@H](CC(C)C)C2)c2nc(N3Cc4ccccc4C3)cc(=O)n2c1.